The number of esters is 1. The molecule has 0 heterocycles. The molecule has 1 aliphatic rings. The quantitative estimate of drug-likeness (QED) is 0.570. The van der Waals surface area contributed by atoms with E-state index in [-0.39, 0.29) is 23.7 Å². The van der Waals surface area contributed by atoms with Gasteiger partial charge in [0, 0.05) is 17.9 Å². The first-order valence-electron chi connectivity index (χ1n) is 4.62. The zero-order valence-corrected chi connectivity index (χ0v) is 10.3. The molecule has 0 fully saturated rings. The van der Waals surface area contributed by atoms with Crippen LogP contribution in [0, 0.1) is 0 Å². The molecule has 0 unspecified atom stereocenters. The molecule has 0 aromatic heterocycles. The number of carbonyl (C=O) groups excluding carboxylic acids is 1. The predicted molar refractivity (Wildman–Crippen MR) is 61.8 cm³/mol. The summed E-state index contributed by atoms with van der Waals surface area (Å²) in [6, 6.07) is 0. The minimum Gasteiger partial charge on any atom is -0.469 e. The molecule has 0 saturated carbocycles. The van der Waals surface area contributed by atoms with Crippen LogP contribution in [0.4, 0.5) is 0 Å². The van der Waals surface area contributed by atoms with Gasteiger partial charge in [-0.05, 0) is 18.1 Å². The lowest BCUT2D eigenvalue weighted by molar-refractivity contribution is -0.140. The molecule has 0 aromatic carbocycles. The topological polar surface area (TPSA) is 60.4 Å². The summed E-state index contributed by atoms with van der Waals surface area (Å²) < 4.78 is 25.9. The van der Waals surface area contributed by atoms with Crippen LogP contribution in [0.1, 0.15) is 19.3 Å². The van der Waals surface area contributed by atoms with E-state index in [4.69, 9.17) is 11.6 Å². The number of hydrogen-bond donors (Lipinski definition) is 0. The van der Waals surface area contributed by atoms with Gasteiger partial charge < -0.3 is 4.74 Å². The molecule has 0 aliphatic heterocycles. The van der Waals surface area contributed by atoms with Crippen molar-refractivity contribution in [1.29, 1.82) is 0 Å². The second-order valence-corrected chi connectivity index (χ2v) is 4.67. The maximum atomic E-state index is 10.9. The van der Waals surface area contributed by atoms with E-state index in [1.165, 1.54) is 13.2 Å². The van der Waals surface area contributed by atoms with Crippen molar-refractivity contribution in [1.82, 2.24) is 0 Å². The Balaban J connectivity index is 2.72. The first-order valence-corrected chi connectivity index (χ1v) is 6.07. The first-order chi connectivity index (χ1) is 7.54. The van der Waals surface area contributed by atoms with Gasteiger partial charge in [-0.3, -0.25) is 4.79 Å². The molecular formula is C10H11ClO4S. The molecule has 0 atom stereocenters. The molecule has 16 heavy (non-hydrogen) atoms. The van der Waals surface area contributed by atoms with Crippen LogP contribution in [-0.4, -0.2) is 26.4 Å². The zero-order valence-electron chi connectivity index (χ0n) is 8.70. The molecule has 6 heteroatoms. The lowest BCUT2D eigenvalue weighted by Crippen LogP contribution is -2.05. The zero-order chi connectivity index (χ0) is 12.1. The summed E-state index contributed by atoms with van der Waals surface area (Å²) in [6.07, 6.45) is 4.02. The van der Waals surface area contributed by atoms with Crippen molar-refractivity contribution in [2.24, 2.45) is 0 Å². The second-order valence-electron chi connectivity index (χ2n) is 3.22. The number of methoxy groups -OCH3 is 1. The molecular weight excluding hydrogens is 252 g/mol. The Kier molecular flexibility index (Phi) is 4.76. The van der Waals surface area contributed by atoms with Crippen LogP contribution in [0.3, 0.4) is 0 Å². The monoisotopic (exact) mass is 262 g/mol. The van der Waals surface area contributed by atoms with Gasteiger partial charge in [-0.1, -0.05) is 17.7 Å². The van der Waals surface area contributed by atoms with Crippen LogP contribution < -0.4 is 0 Å². The van der Waals surface area contributed by atoms with Crippen molar-refractivity contribution >= 4 is 32.7 Å². The second kappa shape index (κ2) is 5.86. The van der Waals surface area contributed by atoms with Gasteiger partial charge in [0.05, 0.1) is 12.0 Å². The molecule has 0 N–H and O–H groups in total. The Morgan fingerprint density at radius 3 is 2.69 bits per heavy atom. The maximum absolute atomic E-state index is 10.9. The Bertz CT molecular complexity index is 477. The van der Waals surface area contributed by atoms with Gasteiger partial charge in [-0.2, -0.15) is 8.42 Å². The minimum atomic E-state index is -2.23. The number of rotatable bonds is 3. The van der Waals surface area contributed by atoms with Crippen molar-refractivity contribution < 1.29 is 17.9 Å². The Morgan fingerprint density at radius 2 is 2.19 bits per heavy atom. The van der Waals surface area contributed by atoms with Crippen molar-refractivity contribution in [3.63, 3.8) is 0 Å². The summed E-state index contributed by atoms with van der Waals surface area (Å²) in [6.45, 7) is 0. The third-order valence-electron chi connectivity index (χ3n) is 2.19. The maximum Gasteiger partial charge on any atom is 0.305 e. The van der Waals surface area contributed by atoms with Crippen LogP contribution in [0.2, 0.25) is 0 Å². The summed E-state index contributed by atoms with van der Waals surface area (Å²) >= 11 is 5.93. The van der Waals surface area contributed by atoms with Crippen LogP contribution in [0.15, 0.2) is 22.8 Å². The molecule has 1 rings (SSSR count). The average Bonchev–Trinajstić information content (AvgIpc) is 2.26. The summed E-state index contributed by atoms with van der Waals surface area (Å²) in [5, 5.41) is 0.464. The van der Waals surface area contributed by atoms with E-state index in [9.17, 15) is 13.2 Å². The van der Waals surface area contributed by atoms with Crippen molar-refractivity contribution in [2.75, 3.05) is 7.11 Å². The highest BCUT2D eigenvalue weighted by molar-refractivity contribution is 7.73. The third kappa shape index (κ3) is 3.50. The summed E-state index contributed by atoms with van der Waals surface area (Å²) in [7, 11) is -0.911. The van der Waals surface area contributed by atoms with E-state index >= 15 is 0 Å². The minimum absolute atomic E-state index is 0.199. The summed E-state index contributed by atoms with van der Waals surface area (Å²) in [5.41, 5.74) is 0.779. The lowest BCUT2D eigenvalue weighted by atomic mass is 10.0. The Morgan fingerprint density at radius 1 is 1.50 bits per heavy atom. The molecule has 0 bridgehead atoms. The fraction of sp³-hybridized carbons (Fsp3) is 0.400. The van der Waals surface area contributed by atoms with Gasteiger partial charge in [-0.25, -0.2) is 0 Å². The fourth-order valence-corrected chi connectivity index (χ4v) is 2.10. The van der Waals surface area contributed by atoms with Crippen molar-refractivity contribution in [3.05, 3.63) is 22.8 Å². The molecule has 4 nitrogen and oxygen atoms in total. The number of ether oxygens (including phenoxy) is 1. The van der Waals surface area contributed by atoms with Gasteiger partial charge in [0.25, 0.3) is 0 Å². The SMILES string of the molecule is COC(=O)CCC1=C(Cl)CC(=S(=O)=O)C=C1. The van der Waals surface area contributed by atoms with E-state index in [1.54, 1.807) is 6.08 Å². The van der Waals surface area contributed by atoms with Crippen LogP contribution in [0.25, 0.3) is 0 Å². The molecule has 0 saturated heterocycles. The molecule has 88 valence electrons. The molecule has 1 aliphatic carbocycles. The first kappa shape index (κ1) is 13.0. The number of halogens is 1. The Labute approximate surface area is 100 Å². The van der Waals surface area contributed by atoms with E-state index < -0.39 is 10.3 Å². The van der Waals surface area contributed by atoms with Gasteiger partial charge >= 0.3 is 5.97 Å². The molecule has 0 radical (unpaired) electrons. The highest BCUT2D eigenvalue weighted by atomic mass is 35.5. The van der Waals surface area contributed by atoms with Gasteiger partial charge in [0.1, 0.15) is 0 Å². The largest absolute Gasteiger partial charge is 0.469 e. The predicted octanol–water partition coefficient (Wildman–Crippen LogP) is 1.44. The molecule has 0 spiro atoms. The van der Waals surface area contributed by atoms with Gasteiger partial charge in [0.2, 0.25) is 10.3 Å². The van der Waals surface area contributed by atoms with Crippen LogP contribution in [0.5, 0.6) is 0 Å². The number of allylic oxidation sites excluding steroid dienone is 4. The van der Waals surface area contributed by atoms with E-state index in [2.05, 4.69) is 4.74 Å². The molecule has 0 amide bonds. The highest BCUT2D eigenvalue weighted by Gasteiger charge is 2.13. The standard InChI is InChI=1S/C10H11ClO4S/c1-15-10(12)5-3-7-2-4-8(16(13)14)6-9(7)11/h2,4H,3,5-6H2,1H3. The fourth-order valence-electron chi connectivity index (χ4n) is 1.28. The van der Waals surface area contributed by atoms with E-state index in [0.717, 1.165) is 5.57 Å². The van der Waals surface area contributed by atoms with Gasteiger partial charge in [0.15, 0.2) is 0 Å². The van der Waals surface area contributed by atoms with Gasteiger partial charge in [-0.15, -0.1) is 0 Å². The van der Waals surface area contributed by atoms with Crippen LogP contribution in [-0.2, 0) is 19.8 Å². The highest BCUT2D eigenvalue weighted by Crippen LogP contribution is 2.24. The van der Waals surface area contributed by atoms with Crippen molar-refractivity contribution in [3.8, 4) is 0 Å². The Hall–Kier alpha value is -1.07. The summed E-state index contributed by atoms with van der Waals surface area (Å²) in [4.78, 5) is 11.2. The third-order valence-corrected chi connectivity index (χ3v) is 3.27. The summed E-state index contributed by atoms with van der Waals surface area (Å²) in [5.74, 6) is -0.312. The normalized spacial score (nSPS) is 15.2. The number of hydrogen-bond acceptors (Lipinski definition) is 4. The average molecular weight is 263 g/mol. The lowest BCUT2D eigenvalue weighted by Gasteiger charge is -2.10. The van der Waals surface area contributed by atoms with Crippen molar-refractivity contribution in [2.45, 2.75) is 19.3 Å². The van der Waals surface area contributed by atoms with E-state index in [0.29, 0.717) is 11.5 Å². The van der Waals surface area contributed by atoms with Crippen LogP contribution >= 0.6 is 11.6 Å². The molecule has 0 aromatic rings. The smallest absolute Gasteiger partial charge is 0.305 e. The van der Waals surface area contributed by atoms with E-state index in [1.807, 2.05) is 0 Å². The number of carbonyl (C=O) groups is 1.